The quantitative estimate of drug-likeness (QED) is 0.269. The first-order valence-electron chi connectivity index (χ1n) is 9.97. The predicted octanol–water partition coefficient (Wildman–Crippen LogP) is 2.93. The summed E-state index contributed by atoms with van der Waals surface area (Å²) in [4.78, 5) is 16.3. The SMILES string of the molecule is COc1ccc(-c2cc(OCc3c(C)cccc3N(N)C(=O)NN)ccc2OC)c(OC)n1. The molecule has 0 fully saturated rings. The molecule has 0 aliphatic heterocycles. The van der Waals surface area contributed by atoms with Crippen LogP contribution in [0.3, 0.4) is 0 Å². The fraction of sp³-hybridized carbons (Fsp3) is 0.217. The van der Waals surface area contributed by atoms with Crippen molar-refractivity contribution in [3.63, 3.8) is 0 Å². The number of hydrogen-bond acceptors (Lipinski definition) is 8. The lowest BCUT2D eigenvalue weighted by Crippen LogP contribution is -2.48. The number of aromatic nitrogens is 1. The number of aryl methyl sites for hydroxylation is 1. The van der Waals surface area contributed by atoms with Gasteiger partial charge in [-0.25, -0.2) is 21.5 Å². The molecule has 10 nitrogen and oxygen atoms in total. The fourth-order valence-corrected chi connectivity index (χ4v) is 3.32. The van der Waals surface area contributed by atoms with Gasteiger partial charge in [0.05, 0.1) is 27.0 Å². The highest BCUT2D eigenvalue weighted by Gasteiger charge is 2.18. The molecular weight excluding hydrogens is 426 g/mol. The first kappa shape index (κ1) is 23.6. The molecule has 3 rings (SSSR count). The molecule has 0 bridgehead atoms. The average molecular weight is 453 g/mol. The number of rotatable bonds is 8. The number of methoxy groups -OCH3 is 3. The number of nitrogens with one attached hydrogen (secondary N) is 1. The Balaban J connectivity index is 1.95. The van der Waals surface area contributed by atoms with Gasteiger partial charge in [-0.3, -0.25) is 5.43 Å². The topological polar surface area (TPSA) is 134 Å². The molecule has 1 aromatic heterocycles. The molecule has 2 aromatic carbocycles. The average Bonchev–Trinajstić information content (AvgIpc) is 2.86. The number of carbonyl (C=O) groups is 1. The summed E-state index contributed by atoms with van der Waals surface area (Å²) < 4.78 is 22.2. The van der Waals surface area contributed by atoms with Crippen molar-refractivity contribution in [3.8, 4) is 34.4 Å². The Kier molecular flexibility index (Phi) is 7.54. The summed E-state index contributed by atoms with van der Waals surface area (Å²) >= 11 is 0. The van der Waals surface area contributed by atoms with Crippen molar-refractivity contribution >= 4 is 11.7 Å². The largest absolute Gasteiger partial charge is 0.496 e. The molecule has 0 atom stereocenters. The summed E-state index contributed by atoms with van der Waals surface area (Å²) in [7, 11) is 4.66. The molecule has 2 amide bonds. The van der Waals surface area contributed by atoms with Gasteiger partial charge >= 0.3 is 6.03 Å². The zero-order valence-corrected chi connectivity index (χ0v) is 18.9. The standard InChI is InChI=1S/C23H27N5O5/c1-14-6-5-7-19(28(25)23(29)27-24)18(14)13-33-15-8-10-20(30-2)17(12-15)16-9-11-21(31-3)26-22(16)32-4/h5-12H,13,24-25H2,1-4H3,(H,27,29). The Morgan fingerprint density at radius 1 is 1.03 bits per heavy atom. The number of pyridine rings is 1. The van der Waals surface area contributed by atoms with Crippen LogP contribution in [0.25, 0.3) is 11.1 Å². The molecule has 1 heterocycles. The third-order valence-electron chi connectivity index (χ3n) is 5.07. The highest BCUT2D eigenvalue weighted by molar-refractivity contribution is 5.91. The number of nitrogens with two attached hydrogens (primary N) is 2. The number of hydrazine groups is 2. The van der Waals surface area contributed by atoms with Crippen LogP contribution in [0.4, 0.5) is 10.5 Å². The molecule has 0 aliphatic rings. The minimum atomic E-state index is -0.646. The number of nitrogens with zero attached hydrogens (tertiary/aromatic N) is 2. The Labute approximate surface area is 192 Å². The first-order valence-corrected chi connectivity index (χ1v) is 9.97. The molecule has 3 aromatic rings. The maximum atomic E-state index is 11.9. The lowest BCUT2D eigenvalue weighted by atomic mass is 10.0. The van der Waals surface area contributed by atoms with Crippen molar-refractivity contribution < 1.29 is 23.7 Å². The number of carbonyl (C=O) groups excluding carboxylic acids is 1. The van der Waals surface area contributed by atoms with Crippen LogP contribution in [-0.4, -0.2) is 32.3 Å². The number of ether oxygens (including phenoxy) is 4. The molecule has 0 saturated heterocycles. The Hall–Kier alpha value is -4.02. The second kappa shape index (κ2) is 10.5. The summed E-state index contributed by atoms with van der Waals surface area (Å²) in [6, 6.07) is 13.8. The summed E-state index contributed by atoms with van der Waals surface area (Å²) in [5, 5.41) is 0.943. The normalized spacial score (nSPS) is 10.4. The van der Waals surface area contributed by atoms with E-state index < -0.39 is 6.03 Å². The maximum Gasteiger partial charge on any atom is 0.350 e. The Morgan fingerprint density at radius 2 is 1.82 bits per heavy atom. The molecule has 0 saturated carbocycles. The van der Waals surface area contributed by atoms with Crippen LogP contribution >= 0.6 is 0 Å². The van der Waals surface area contributed by atoms with Crippen molar-refractivity contribution in [3.05, 3.63) is 59.7 Å². The van der Waals surface area contributed by atoms with Gasteiger partial charge in [0, 0.05) is 22.8 Å². The summed E-state index contributed by atoms with van der Waals surface area (Å²) in [6.45, 7) is 2.07. The zero-order chi connectivity index (χ0) is 24.0. The molecule has 0 radical (unpaired) electrons. The minimum Gasteiger partial charge on any atom is -0.496 e. The van der Waals surface area contributed by atoms with E-state index >= 15 is 0 Å². The van der Waals surface area contributed by atoms with Gasteiger partial charge in [0.1, 0.15) is 18.1 Å². The Morgan fingerprint density at radius 3 is 2.48 bits per heavy atom. The van der Waals surface area contributed by atoms with Gasteiger partial charge in [-0.2, -0.15) is 4.98 Å². The van der Waals surface area contributed by atoms with E-state index in [0.717, 1.165) is 21.7 Å². The maximum absolute atomic E-state index is 11.9. The van der Waals surface area contributed by atoms with E-state index in [9.17, 15) is 4.79 Å². The van der Waals surface area contributed by atoms with E-state index in [2.05, 4.69) is 4.98 Å². The molecule has 174 valence electrons. The van der Waals surface area contributed by atoms with Gasteiger partial charge < -0.3 is 18.9 Å². The number of benzene rings is 2. The van der Waals surface area contributed by atoms with Gasteiger partial charge in [-0.1, -0.05) is 12.1 Å². The summed E-state index contributed by atoms with van der Waals surface area (Å²) in [5.41, 5.74) is 5.59. The van der Waals surface area contributed by atoms with Crippen molar-refractivity contribution in [2.75, 3.05) is 26.3 Å². The molecule has 0 unspecified atom stereocenters. The van der Waals surface area contributed by atoms with Crippen molar-refractivity contribution in [2.45, 2.75) is 13.5 Å². The lowest BCUT2D eigenvalue weighted by molar-refractivity contribution is 0.246. The van der Waals surface area contributed by atoms with Gasteiger partial charge in [-0.15, -0.1) is 0 Å². The van der Waals surface area contributed by atoms with Gasteiger partial charge in [0.2, 0.25) is 11.8 Å². The Bertz CT molecular complexity index is 1140. The van der Waals surface area contributed by atoms with Crippen LogP contribution in [0, 0.1) is 6.92 Å². The highest BCUT2D eigenvalue weighted by atomic mass is 16.5. The molecule has 5 N–H and O–H groups in total. The van der Waals surface area contributed by atoms with Gasteiger partial charge in [0.25, 0.3) is 0 Å². The van der Waals surface area contributed by atoms with E-state index in [0.29, 0.717) is 34.5 Å². The molecule has 10 heteroatoms. The van der Waals surface area contributed by atoms with E-state index in [1.165, 1.54) is 14.2 Å². The smallest absolute Gasteiger partial charge is 0.350 e. The van der Waals surface area contributed by atoms with Gasteiger partial charge in [-0.05, 0) is 42.8 Å². The van der Waals surface area contributed by atoms with Crippen LogP contribution in [0.15, 0.2) is 48.5 Å². The van der Waals surface area contributed by atoms with Gasteiger partial charge in [0.15, 0.2) is 0 Å². The fourth-order valence-electron chi connectivity index (χ4n) is 3.32. The van der Waals surface area contributed by atoms with Crippen LogP contribution < -0.4 is 41.1 Å². The van der Waals surface area contributed by atoms with E-state index in [-0.39, 0.29) is 6.61 Å². The van der Waals surface area contributed by atoms with E-state index in [1.807, 2.05) is 30.5 Å². The van der Waals surface area contributed by atoms with E-state index in [4.69, 9.17) is 30.6 Å². The van der Waals surface area contributed by atoms with Crippen LogP contribution in [0.1, 0.15) is 11.1 Å². The lowest BCUT2D eigenvalue weighted by Gasteiger charge is -2.21. The zero-order valence-electron chi connectivity index (χ0n) is 18.9. The molecule has 33 heavy (non-hydrogen) atoms. The van der Waals surface area contributed by atoms with Crippen LogP contribution in [0.5, 0.6) is 23.3 Å². The van der Waals surface area contributed by atoms with Crippen molar-refractivity contribution in [2.24, 2.45) is 11.7 Å². The first-order chi connectivity index (χ1) is 15.9. The molecular formula is C23H27N5O5. The number of anilines is 1. The summed E-state index contributed by atoms with van der Waals surface area (Å²) in [5.74, 6) is 13.2. The van der Waals surface area contributed by atoms with Crippen LogP contribution in [-0.2, 0) is 6.61 Å². The van der Waals surface area contributed by atoms with Crippen LogP contribution in [0.2, 0.25) is 0 Å². The molecule has 0 aliphatic carbocycles. The van der Waals surface area contributed by atoms with Crippen molar-refractivity contribution in [1.82, 2.24) is 10.4 Å². The third-order valence-corrected chi connectivity index (χ3v) is 5.07. The second-order valence-corrected chi connectivity index (χ2v) is 6.95. The molecule has 0 spiro atoms. The highest BCUT2D eigenvalue weighted by Crippen LogP contribution is 2.39. The number of urea groups is 1. The number of hydrogen-bond donors (Lipinski definition) is 3. The third kappa shape index (κ3) is 5.08. The predicted molar refractivity (Wildman–Crippen MR) is 124 cm³/mol. The summed E-state index contributed by atoms with van der Waals surface area (Å²) in [6.07, 6.45) is 0. The van der Waals surface area contributed by atoms with Crippen molar-refractivity contribution in [1.29, 1.82) is 0 Å². The van der Waals surface area contributed by atoms with E-state index in [1.54, 1.807) is 37.4 Å². The monoisotopic (exact) mass is 453 g/mol. The second-order valence-electron chi connectivity index (χ2n) is 6.95. The number of amides is 2. The minimum absolute atomic E-state index is 0.164.